The smallest absolute Gasteiger partial charge is 0.417 e. The number of alkyl halides is 3. The highest BCUT2D eigenvalue weighted by Gasteiger charge is 2.37. The van der Waals surface area contributed by atoms with E-state index in [1.165, 1.54) is 34.4 Å². The van der Waals surface area contributed by atoms with Crippen LogP contribution in [0.2, 0.25) is 0 Å². The Bertz CT molecular complexity index is 1100. The molecule has 0 saturated carbocycles. The molecule has 0 bridgehead atoms. The van der Waals surface area contributed by atoms with Gasteiger partial charge in [0.05, 0.1) is 28.7 Å². The van der Waals surface area contributed by atoms with Crippen LogP contribution in [-0.2, 0) is 15.7 Å². The van der Waals surface area contributed by atoms with E-state index in [9.17, 15) is 27.6 Å². The first kappa shape index (κ1) is 26.1. The van der Waals surface area contributed by atoms with Crippen LogP contribution in [0, 0.1) is 5.92 Å². The molecule has 194 valence electrons. The van der Waals surface area contributed by atoms with E-state index >= 15 is 0 Å². The van der Waals surface area contributed by atoms with Crippen molar-refractivity contribution in [3.63, 3.8) is 0 Å². The third-order valence-corrected chi connectivity index (χ3v) is 7.74. The fourth-order valence-electron chi connectivity index (χ4n) is 4.73. The Morgan fingerprint density at radius 2 is 1.61 bits per heavy atom. The average molecular weight is 524 g/mol. The van der Waals surface area contributed by atoms with Crippen molar-refractivity contribution >= 4 is 29.1 Å². The van der Waals surface area contributed by atoms with Gasteiger partial charge in [-0.3, -0.25) is 14.4 Å². The van der Waals surface area contributed by atoms with Crippen molar-refractivity contribution in [2.24, 2.45) is 5.92 Å². The molecular weight excluding hydrogens is 495 g/mol. The van der Waals surface area contributed by atoms with Crippen LogP contribution in [-0.4, -0.2) is 65.4 Å². The molecule has 2 amide bonds. The molecule has 36 heavy (non-hydrogen) atoms. The number of aromatic nitrogens is 1. The normalized spacial score (nSPS) is 17.8. The maximum atomic E-state index is 13.3. The Morgan fingerprint density at radius 3 is 2.25 bits per heavy atom. The molecule has 0 N–H and O–H groups in total. The third-order valence-electron chi connectivity index (χ3n) is 6.74. The summed E-state index contributed by atoms with van der Waals surface area (Å²) in [7, 11) is 0. The van der Waals surface area contributed by atoms with E-state index < -0.39 is 17.6 Å². The maximum Gasteiger partial charge on any atom is 0.417 e. The molecule has 1 aromatic heterocycles. The van der Waals surface area contributed by atoms with E-state index in [0.717, 1.165) is 11.1 Å². The summed E-state index contributed by atoms with van der Waals surface area (Å²) in [4.78, 5) is 45.4. The van der Waals surface area contributed by atoms with Gasteiger partial charge in [0.2, 0.25) is 0 Å². The second-order valence-corrected chi connectivity index (χ2v) is 9.89. The number of rotatable bonds is 5. The largest absolute Gasteiger partial charge is 0.466 e. The Kier molecular flexibility index (Phi) is 7.97. The lowest BCUT2D eigenvalue weighted by atomic mass is 9.96. The van der Waals surface area contributed by atoms with Crippen LogP contribution in [0.3, 0.4) is 0 Å². The summed E-state index contributed by atoms with van der Waals surface area (Å²) in [6, 6.07) is 4.84. The molecular formula is C25H28F3N3O4S. The summed E-state index contributed by atoms with van der Waals surface area (Å²) in [5.74, 6) is -1.16. The van der Waals surface area contributed by atoms with E-state index in [2.05, 4.69) is 4.98 Å². The van der Waals surface area contributed by atoms with Gasteiger partial charge in [0, 0.05) is 37.5 Å². The van der Waals surface area contributed by atoms with Crippen LogP contribution in [0.15, 0.2) is 29.6 Å². The number of likely N-dealkylation sites (tertiary alicyclic amines) is 2. The molecule has 0 atom stereocenters. The van der Waals surface area contributed by atoms with Crippen LogP contribution in [0.1, 0.15) is 69.9 Å². The standard InChI is InChI=1S/C25H28F3N3O4S/c1-2-35-24(34)17-9-13-31(14-10-17)23(33)20-15-36-21(29-20)16-7-11-30(12-8-16)22(32)18-5-3-4-6-19(18)25(26,27)28/h3-6,15-17H,2,7-14H2,1H3. The predicted octanol–water partition coefficient (Wildman–Crippen LogP) is 4.60. The summed E-state index contributed by atoms with van der Waals surface area (Å²) >= 11 is 1.39. The number of carbonyl (C=O) groups excluding carboxylic acids is 3. The number of thiazole rings is 1. The Labute approximate surface area is 211 Å². The minimum atomic E-state index is -4.59. The zero-order valence-corrected chi connectivity index (χ0v) is 20.7. The van der Waals surface area contributed by atoms with Gasteiger partial charge in [-0.25, -0.2) is 4.98 Å². The molecule has 2 aliphatic rings. The van der Waals surface area contributed by atoms with Gasteiger partial charge in [-0.15, -0.1) is 11.3 Å². The van der Waals surface area contributed by atoms with Crippen molar-refractivity contribution in [3.8, 4) is 0 Å². The number of carbonyl (C=O) groups is 3. The summed E-state index contributed by atoms with van der Waals surface area (Å²) < 4.78 is 45.0. The molecule has 7 nitrogen and oxygen atoms in total. The number of esters is 1. The molecule has 2 aromatic rings. The minimum Gasteiger partial charge on any atom is -0.466 e. The van der Waals surface area contributed by atoms with Crippen molar-refractivity contribution in [2.45, 2.75) is 44.7 Å². The summed E-state index contributed by atoms with van der Waals surface area (Å²) in [6.07, 6.45) is -2.35. The second kappa shape index (κ2) is 11.0. The maximum absolute atomic E-state index is 13.3. The highest BCUT2D eigenvalue weighted by atomic mass is 32.1. The molecule has 2 fully saturated rings. The van der Waals surface area contributed by atoms with Gasteiger partial charge in [0.15, 0.2) is 0 Å². The molecule has 0 radical (unpaired) electrons. The molecule has 2 saturated heterocycles. The van der Waals surface area contributed by atoms with Gasteiger partial charge in [-0.05, 0) is 44.7 Å². The van der Waals surface area contributed by atoms with E-state index in [4.69, 9.17) is 4.74 Å². The van der Waals surface area contributed by atoms with E-state index in [-0.39, 0.29) is 29.3 Å². The number of piperidine rings is 2. The number of hydrogen-bond acceptors (Lipinski definition) is 6. The Morgan fingerprint density at radius 1 is 1.00 bits per heavy atom. The first-order valence-electron chi connectivity index (χ1n) is 12.1. The number of halogens is 3. The highest BCUT2D eigenvalue weighted by Crippen LogP contribution is 2.35. The summed E-state index contributed by atoms with van der Waals surface area (Å²) in [5.41, 5.74) is -0.897. The molecule has 2 aliphatic heterocycles. The molecule has 4 rings (SSSR count). The molecule has 11 heteroatoms. The second-order valence-electron chi connectivity index (χ2n) is 9.00. The lowest BCUT2D eigenvalue weighted by Crippen LogP contribution is -2.40. The van der Waals surface area contributed by atoms with Gasteiger partial charge in [-0.2, -0.15) is 13.2 Å². The monoisotopic (exact) mass is 523 g/mol. The van der Waals surface area contributed by atoms with Crippen LogP contribution < -0.4 is 0 Å². The predicted molar refractivity (Wildman–Crippen MR) is 127 cm³/mol. The number of nitrogens with zero attached hydrogens (tertiary/aromatic N) is 3. The minimum absolute atomic E-state index is 0.0352. The molecule has 0 aliphatic carbocycles. The van der Waals surface area contributed by atoms with Gasteiger partial charge >= 0.3 is 12.1 Å². The van der Waals surface area contributed by atoms with Crippen LogP contribution in [0.25, 0.3) is 0 Å². The fraction of sp³-hybridized carbons (Fsp3) is 0.520. The van der Waals surface area contributed by atoms with E-state index in [1.807, 2.05) is 0 Å². The highest BCUT2D eigenvalue weighted by molar-refractivity contribution is 7.09. The first-order valence-corrected chi connectivity index (χ1v) is 12.9. The zero-order chi connectivity index (χ0) is 25.9. The number of ether oxygens (including phenoxy) is 1. The van der Waals surface area contributed by atoms with Crippen LogP contribution in [0.4, 0.5) is 13.2 Å². The Hall–Kier alpha value is -2.95. The SMILES string of the molecule is CCOC(=O)C1CCN(C(=O)c2csc(C3CCN(C(=O)c4ccccc4C(F)(F)F)CC3)n2)CC1. The van der Waals surface area contributed by atoms with Crippen molar-refractivity contribution in [2.75, 3.05) is 32.8 Å². The zero-order valence-electron chi connectivity index (χ0n) is 19.9. The Balaban J connectivity index is 1.33. The van der Waals surface area contributed by atoms with Crippen LogP contribution in [0.5, 0.6) is 0 Å². The van der Waals surface area contributed by atoms with Gasteiger partial charge < -0.3 is 14.5 Å². The quantitative estimate of drug-likeness (QED) is 0.536. The van der Waals surface area contributed by atoms with Crippen molar-refractivity contribution < 1.29 is 32.3 Å². The molecule has 0 spiro atoms. The van der Waals surface area contributed by atoms with Crippen molar-refractivity contribution in [1.82, 2.24) is 14.8 Å². The molecule has 0 unspecified atom stereocenters. The van der Waals surface area contributed by atoms with Gasteiger partial charge in [0.1, 0.15) is 5.69 Å². The molecule has 1 aromatic carbocycles. The number of hydrogen-bond donors (Lipinski definition) is 0. The summed E-state index contributed by atoms with van der Waals surface area (Å²) in [6.45, 7) is 3.68. The fourth-order valence-corrected chi connectivity index (χ4v) is 5.70. The van der Waals surface area contributed by atoms with E-state index in [0.29, 0.717) is 64.2 Å². The van der Waals surface area contributed by atoms with Crippen molar-refractivity contribution in [3.05, 3.63) is 51.5 Å². The molecule has 3 heterocycles. The lowest BCUT2D eigenvalue weighted by Gasteiger charge is -2.32. The topological polar surface area (TPSA) is 79.8 Å². The third kappa shape index (κ3) is 5.71. The number of benzene rings is 1. The van der Waals surface area contributed by atoms with E-state index in [1.54, 1.807) is 17.2 Å². The van der Waals surface area contributed by atoms with Crippen molar-refractivity contribution in [1.29, 1.82) is 0 Å². The number of amides is 2. The van der Waals surface area contributed by atoms with Crippen LogP contribution >= 0.6 is 11.3 Å². The average Bonchev–Trinajstić information content (AvgIpc) is 3.38. The van der Waals surface area contributed by atoms with Gasteiger partial charge in [0.25, 0.3) is 11.8 Å². The summed E-state index contributed by atoms with van der Waals surface area (Å²) in [5, 5.41) is 2.52. The lowest BCUT2D eigenvalue weighted by molar-refractivity contribution is -0.149. The van der Waals surface area contributed by atoms with Gasteiger partial charge in [-0.1, -0.05) is 12.1 Å². The first-order chi connectivity index (χ1) is 17.2.